The summed E-state index contributed by atoms with van der Waals surface area (Å²) in [4.78, 5) is 20.0. The van der Waals surface area contributed by atoms with Crippen molar-refractivity contribution in [3.63, 3.8) is 0 Å². The van der Waals surface area contributed by atoms with Gasteiger partial charge >= 0.3 is 0 Å². The van der Waals surface area contributed by atoms with Gasteiger partial charge in [0, 0.05) is 33.9 Å². The number of pyridine rings is 1. The molecule has 0 aliphatic heterocycles. The molecule has 0 bridgehead atoms. The summed E-state index contributed by atoms with van der Waals surface area (Å²) in [5.74, 6) is 5.85. The third-order valence-corrected chi connectivity index (χ3v) is 4.76. The van der Waals surface area contributed by atoms with Gasteiger partial charge in [0.25, 0.3) is 5.91 Å². The van der Waals surface area contributed by atoms with E-state index in [9.17, 15) is 4.79 Å². The number of rotatable bonds is 2. The molecule has 4 rings (SSSR count). The first-order chi connectivity index (χ1) is 12.2. The first-order valence-electron chi connectivity index (χ1n) is 8.31. The number of carbonyl (C=O) groups is 1. The first kappa shape index (κ1) is 15.4. The third-order valence-electron chi connectivity index (χ3n) is 4.76. The molecule has 1 amide bonds. The molecule has 0 spiro atoms. The first-order valence-corrected chi connectivity index (χ1v) is 8.31. The van der Waals surface area contributed by atoms with Gasteiger partial charge in [0.2, 0.25) is 0 Å². The fourth-order valence-electron chi connectivity index (χ4n) is 3.43. The number of amides is 1. The Balaban J connectivity index is 1.76. The van der Waals surface area contributed by atoms with Crippen LogP contribution < -0.4 is 11.2 Å². The lowest BCUT2D eigenvalue weighted by Crippen LogP contribution is -2.15. The number of fused-ring (bicyclic) bond motifs is 3. The Bertz CT molecular complexity index is 974. The number of anilines is 1. The largest absolute Gasteiger partial charge is 0.358 e. The molecule has 1 unspecified atom stereocenters. The zero-order valence-electron chi connectivity index (χ0n) is 13.9. The number of nitrogens with one attached hydrogen (secondary N) is 2. The van der Waals surface area contributed by atoms with E-state index >= 15 is 0 Å². The summed E-state index contributed by atoms with van der Waals surface area (Å²) < 4.78 is 0. The Morgan fingerprint density at radius 1 is 1.40 bits per heavy atom. The normalized spacial score (nSPS) is 18.3. The maximum atomic E-state index is 12.6. The molecule has 1 aliphatic carbocycles. The number of aromatic nitrogens is 2. The Morgan fingerprint density at radius 2 is 2.28 bits per heavy atom. The van der Waals surface area contributed by atoms with Gasteiger partial charge in [-0.1, -0.05) is 6.92 Å². The van der Waals surface area contributed by atoms with E-state index in [2.05, 4.69) is 27.3 Å². The van der Waals surface area contributed by atoms with Crippen LogP contribution in [-0.4, -0.2) is 21.6 Å². The quantitative estimate of drug-likeness (QED) is 0.495. The Kier molecular flexibility index (Phi) is 3.72. The van der Waals surface area contributed by atoms with E-state index in [0.717, 1.165) is 40.7 Å². The number of hydrogen-bond acceptors (Lipinski definition) is 4. The molecule has 1 atom stereocenters. The van der Waals surface area contributed by atoms with E-state index in [1.807, 2.05) is 24.3 Å². The van der Waals surface area contributed by atoms with Crippen LogP contribution in [0.4, 0.5) is 5.69 Å². The lowest BCUT2D eigenvalue weighted by Gasteiger charge is -2.19. The molecule has 25 heavy (non-hydrogen) atoms. The smallest absolute Gasteiger partial charge is 0.255 e. The van der Waals surface area contributed by atoms with Crippen LogP contribution >= 0.6 is 0 Å². The van der Waals surface area contributed by atoms with E-state index in [4.69, 9.17) is 5.84 Å². The molecular weight excluding hydrogens is 314 g/mol. The molecule has 126 valence electrons. The number of benzene rings is 1. The molecule has 0 radical (unpaired) electrons. The highest BCUT2D eigenvalue weighted by atomic mass is 16.1. The molecule has 0 fully saturated rings. The van der Waals surface area contributed by atoms with Crippen molar-refractivity contribution in [2.75, 3.05) is 5.32 Å². The highest BCUT2D eigenvalue weighted by molar-refractivity contribution is 6.15. The minimum absolute atomic E-state index is 0.167. The van der Waals surface area contributed by atoms with Crippen LogP contribution in [0.2, 0.25) is 0 Å². The lowest BCUT2D eigenvalue weighted by molar-refractivity contribution is 0.102. The minimum atomic E-state index is -0.167. The topological polar surface area (TPSA) is 96.2 Å². The number of hydrazone groups is 1. The van der Waals surface area contributed by atoms with Gasteiger partial charge in [-0.15, -0.1) is 0 Å². The zero-order chi connectivity index (χ0) is 17.4. The molecule has 2 aromatic heterocycles. The number of nitrogens with zero attached hydrogens (tertiary/aromatic N) is 2. The number of aromatic amines is 1. The van der Waals surface area contributed by atoms with Crippen molar-refractivity contribution in [1.82, 2.24) is 9.97 Å². The maximum Gasteiger partial charge on any atom is 0.255 e. The predicted molar refractivity (Wildman–Crippen MR) is 98.9 cm³/mol. The van der Waals surface area contributed by atoms with Gasteiger partial charge in [-0.25, -0.2) is 0 Å². The standard InChI is InChI=1S/C19H19N5O/c1-11-4-6-16(24-20)17-14-9-12(5-7-15(14)23-18(11)17)19(25)22-13-3-2-8-21-10-13/h2-3,5,7-11,23H,4,6,20H2,1H3,(H,22,25). The van der Waals surface area contributed by atoms with Crippen LogP contribution in [0, 0.1) is 0 Å². The van der Waals surface area contributed by atoms with Gasteiger partial charge in [-0.2, -0.15) is 5.10 Å². The summed E-state index contributed by atoms with van der Waals surface area (Å²) in [5, 5.41) is 7.83. The van der Waals surface area contributed by atoms with Gasteiger partial charge in [0.15, 0.2) is 0 Å². The average Bonchev–Trinajstić information content (AvgIpc) is 3.03. The summed E-state index contributed by atoms with van der Waals surface area (Å²) in [5.41, 5.74) is 5.35. The SMILES string of the molecule is CC1CCC(=NN)c2c1[nH]c1ccc(C(=O)Nc3cccnc3)cc21. The summed E-state index contributed by atoms with van der Waals surface area (Å²) in [7, 11) is 0. The molecule has 1 aromatic carbocycles. The summed E-state index contributed by atoms with van der Waals surface area (Å²) in [6.45, 7) is 2.19. The minimum Gasteiger partial charge on any atom is -0.358 e. The van der Waals surface area contributed by atoms with Gasteiger partial charge < -0.3 is 16.1 Å². The van der Waals surface area contributed by atoms with Gasteiger partial charge in [-0.05, 0) is 49.1 Å². The van der Waals surface area contributed by atoms with Crippen molar-refractivity contribution in [3.05, 3.63) is 59.5 Å². The van der Waals surface area contributed by atoms with E-state index in [1.165, 1.54) is 0 Å². The van der Waals surface area contributed by atoms with Gasteiger partial charge in [0.1, 0.15) is 0 Å². The Labute approximate surface area is 145 Å². The highest BCUT2D eigenvalue weighted by Gasteiger charge is 2.26. The second kappa shape index (κ2) is 6.05. The van der Waals surface area contributed by atoms with Crippen LogP contribution in [0.1, 0.15) is 47.3 Å². The zero-order valence-corrected chi connectivity index (χ0v) is 13.9. The van der Waals surface area contributed by atoms with Crippen molar-refractivity contribution in [2.24, 2.45) is 10.9 Å². The van der Waals surface area contributed by atoms with Crippen LogP contribution in [-0.2, 0) is 0 Å². The number of nitrogens with two attached hydrogens (primary N) is 1. The van der Waals surface area contributed by atoms with Crippen molar-refractivity contribution in [3.8, 4) is 0 Å². The fraction of sp³-hybridized carbons (Fsp3) is 0.211. The predicted octanol–water partition coefficient (Wildman–Crippen LogP) is 3.38. The average molecular weight is 333 g/mol. The summed E-state index contributed by atoms with van der Waals surface area (Å²) in [6, 6.07) is 9.25. The van der Waals surface area contributed by atoms with Crippen LogP contribution in [0.3, 0.4) is 0 Å². The van der Waals surface area contributed by atoms with E-state index in [0.29, 0.717) is 17.2 Å². The van der Waals surface area contributed by atoms with Gasteiger partial charge in [0.05, 0.1) is 17.6 Å². The molecule has 0 saturated carbocycles. The molecule has 6 nitrogen and oxygen atoms in total. The van der Waals surface area contributed by atoms with Crippen molar-refractivity contribution in [1.29, 1.82) is 0 Å². The van der Waals surface area contributed by atoms with Crippen molar-refractivity contribution in [2.45, 2.75) is 25.7 Å². The van der Waals surface area contributed by atoms with E-state index in [-0.39, 0.29) is 5.91 Å². The third kappa shape index (κ3) is 2.65. The molecule has 0 saturated heterocycles. The summed E-state index contributed by atoms with van der Waals surface area (Å²) in [6.07, 6.45) is 5.16. The van der Waals surface area contributed by atoms with Crippen molar-refractivity contribution >= 4 is 28.2 Å². The number of hydrogen-bond donors (Lipinski definition) is 3. The number of carbonyl (C=O) groups excluding carboxylic acids is 1. The monoisotopic (exact) mass is 333 g/mol. The number of H-pyrrole nitrogens is 1. The van der Waals surface area contributed by atoms with E-state index in [1.54, 1.807) is 18.5 Å². The fourth-order valence-corrected chi connectivity index (χ4v) is 3.43. The highest BCUT2D eigenvalue weighted by Crippen LogP contribution is 2.36. The van der Waals surface area contributed by atoms with Crippen LogP contribution in [0.15, 0.2) is 47.8 Å². The van der Waals surface area contributed by atoms with Crippen molar-refractivity contribution < 1.29 is 4.79 Å². The lowest BCUT2D eigenvalue weighted by atomic mass is 9.86. The molecule has 1 aliphatic rings. The van der Waals surface area contributed by atoms with Crippen LogP contribution in [0.25, 0.3) is 10.9 Å². The van der Waals surface area contributed by atoms with Gasteiger partial charge in [-0.3, -0.25) is 9.78 Å². The molecular formula is C19H19N5O. The molecule has 6 heteroatoms. The second-order valence-corrected chi connectivity index (χ2v) is 6.39. The Morgan fingerprint density at radius 3 is 3.04 bits per heavy atom. The summed E-state index contributed by atoms with van der Waals surface area (Å²) >= 11 is 0. The van der Waals surface area contributed by atoms with E-state index < -0.39 is 0 Å². The molecule has 3 aromatic rings. The Hall–Kier alpha value is -3.15. The maximum absolute atomic E-state index is 12.6. The molecule has 4 N–H and O–H groups in total. The molecule has 2 heterocycles. The van der Waals surface area contributed by atoms with Crippen LogP contribution in [0.5, 0.6) is 0 Å². The second-order valence-electron chi connectivity index (χ2n) is 6.39.